The standard InChI is InChI=1S/C55H95N21O12S/c1-89-27-21-39(73-47(81)37(17-10-25-66-54(62)63)70-46(80)38(18-11-26-67-55(64)65)72-52(86)42(29-44(61)78)75-45(79)33(59)19-20-43(60)77)50(84)69-36(15-5-8-23-57)49(83)76-41(28-31-30-68-34-13-3-2-12-32(31)34)51(85)71-35(14-4-7-22-56)48(82)74-40(53(87)88)16-6-9-24-58/h2-3,12-13,30,33,35-42,68H,4-11,14-29,56-59H2,1H3,(H2,60,77)(H2,61,78)(H,69,84)(H,70,80)(H,71,85)(H,72,86)(H,73,81)(H,74,82)(H,75,79)(H,76,83)(H,87,88)(H4,62,63,66)(H4,64,65,67)/t33-,35-,36-,37-,38-,39-,40-,41-,42-/m0/s1. The minimum absolute atomic E-state index is 0.00388. The van der Waals surface area contributed by atoms with Crippen molar-refractivity contribution in [3.63, 3.8) is 0 Å². The number of nitrogens with two attached hydrogens (primary N) is 10. The quantitative estimate of drug-likeness (QED) is 0.0167. The number of aromatic nitrogens is 1. The average molecular weight is 1270 g/mol. The van der Waals surface area contributed by atoms with Crippen LogP contribution in [0, 0.1) is 0 Å². The maximum absolute atomic E-state index is 14.7. The number of nitrogens with one attached hydrogen (secondary N) is 9. The summed E-state index contributed by atoms with van der Waals surface area (Å²) in [7, 11) is 0. The van der Waals surface area contributed by atoms with Gasteiger partial charge in [0.15, 0.2) is 11.9 Å². The molecule has 0 aliphatic heterocycles. The molecule has 0 unspecified atom stereocenters. The first kappa shape index (κ1) is 76.8. The number of aliphatic carboxylic acids is 1. The van der Waals surface area contributed by atoms with Gasteiger partial charge < -0.3 is 110 Å². The summed E-state index contributed by atoms with van der Waals surface area (Å²) in [6.45, 7) is 0.759. The Labute approximate surface area is 521 Å². The van der Waals surface area contributed by atoms with Crippen LogP contribution in [-0.2, 0) is 59.2 Å². The highest BCUT2D eigenvalue weighted by molar-refractivity contribution is 7.98. The van der Waals surface area contributed by atoms with Crippen molar-refractivity contribution in [3.05, 3.63) is 36.0 Å². The van der Waals surface area contributed by atoms with Crippen molar-refractivity contribution in [2.75, 3.05) is 44.7 Å². The van der Waals surface area contributed by atoms with Gasteiger partial charge in [-0.3, -0.25) is 57.9 Å². The summed E-state index contributed by atoms with van der Waals surface area (Å²) >= 11 is 1.33. The van der Waals surface area contributed by atoms with Gasteiger partial charge in [0.1, 0.15) is 48.3 Å². The maximum Gasteiger partial charge on any atom is 0.326 e. The van der Waals surface area contributed by atoms with Gasteiger partial charge in [0.05, 0.1) is 12.5 Å². The van der Waals surface area contributed by atoms with Crippen molar-refractivity contribution in [3.8, 4) is 0 Å². The summed E-state index contributed by atoms with van der Waals surface area (Å²) in [5.74, 6) is -10.4. The van der Waals surface area contributed by atoms with Gasteiger partial charge in [0.25, 0.3) is 0 Å². The van der Waals surface area contributed by atoms with Gasteiger partial charge in [0.2, 0.25) is 59.1 Å². The molecule has 0 aliphatic rings. The fourth-order valence-electron chi connectivity index (χ4n) is 9.08. The zero-order chi connectivity index (χ0) is 66.4. The SMILES string of the molecule is CSCC[C@H](NC(=O)[C@H](CCCN=C(N)N)NC(=O)[C@H](CCCN=C(N)N)NC(=O)[C@H](CC(N)=O)NC(=O)[C@@H](N)CCC(N)=O)C(=O)N[C@@H](CCCCN)C(=O)N[C@@H](Cc1c[nH]c2ccccc12)C(=O)N[C@@H](CCCCN)C(=O)N[C@@H](CCCCN)C(=O)O. The summed E-state index contributed by atoms with van der Waals surface area (Å²) in [5.41, 5.74) is 57.2. The van der Waals surface area contributed by atoms with Crippen LogP contribution in [0.2, 0.25) is 0 Å². The summed E-state index contributed by atoms with van der Waals surface area (Å²) in [4.78, 5) is 160. The highest BCUT2D eigenvalue weighted by Crippen LogP contribution is 2.20. The molecule has 89 heavy (non-hydrogen) atoms. The number of hydrogen-bond acceptors (Lipinski definition) is 18. The lowest BCUT2D eigenvalue weighted by molar-refractivity contribution is -0.142. The monoisotopic (exact) mass is 1270 g/mol. The molecule has 0 radical (unpaired) electrons. The minimum Gasteiger partial charge on any atom is -0.480 e. The first-order chi connectivity index (χ1) is 42.3. The number of benzene rings is 1. The third-order valence-electron chi connectivity index (χ3n) is 13.9. The number of fused-ring (bicyclic) bond motifs is 1. The summed E-state index contributed by atoms with van der Waals surface area (Å²) < 4.78 is 0. The molecule has 1 heterocycles. The van der Waals surface area contributed by atoms with Crippen LogP contribution in [0.15, 0.2) is 40.4 Å². The molecule has 1 aromatic heterocycles. The number of carbonyl (C=O) groups excluding carboxylic acids is 10. The van der Waals surface area contributed by atoms with Crippen LogP contribution in [0.5, 0.6) is 0 Å². The molecular formula is C55H95N21O12S. The van der Waals surface area contributed by atoms with Crippen LogP contribution in [0.25, 0.3) is 10.9 Å². The average Bonchev–Trinajstić information content (AvgIpc) is 3.92. The second kappa shape index (κ2) is 42.5. The molecule has 0 spiro atoms. The van der Waals surface area contributed by atoms with E-state index in [1.807, 2.05) is 18.2 Å². The molecule has 10 amide bonds. The van der Waals surface area contributed by atoms with Gasteiger partial charge in [-0.25, -0.2) is 4.79 Å². The van der Waals surface area contributed by atoms with E-state index in [0.717, 1.165) is 10.9 Å². The first-order valence-corrected chi connectivity index (χ1v) is 31.0. The number of nitrogens with zero attached hydrogens (tertiary/aromatic N) is 2. The van der Waals surface area contributed by atoms with Crippen LogP contribution < -0.4 is 99.9 Å². The maximum atomic E-state index is 14.7. The molecule has 2 rings (SSSR count). The number of amides is 10. The van der Waals surface area contributed by atoms with E-state index in [-0.39, 0.29) is 109 Å². The normalized spacial score (nSPS) is 14.1. The van der Waals surface area contributed by atoms with E-state index >= 15 is 0 Å². The van der Waals surface area contributed by atoms with Crippen molar-refractivity contribution in [1.29, 1.82) is 0 Å². The number of aliphatic imine (C=N–C) groups is 2. The van der Waals surface area contributed by atoms with Crippen LogP contribution in [-0.4, -0.2) is 186 Å². The Morgan fingerprint density at radius 2 is 0.865 bits per heavy atom. The molecule has 33 nitrogen and oxygen atoms in total. The molecule has 34 heteroatoms. The van der Waals surface area contributed by atoms with Crippen LogP contribution in [0.3, 0.4) is 0 Å². The molecule has 30 N–H and O–H groups in total. The van der Waals surface area contributed by atoms with E-state index in [9.17, 15) is 57.8 Å². The number of carboxylic acids is 1. The predicted octanol–water partition coefficient (Wildman–Crippen LogP) is -5.61. The van der Waals surface area contributed by atoms with Gasteiger partial charge in [-0.1, -0.05) is 18.2 Å². The summed E-state index contributed by atoms with van der Waals surface area (Å²) in [6.07, 6.45) is 4.50. The van der Waals surface area contributed by atoms with Crippen LogP contribution >= 0.6 is 11.8 Å². The Morgan fingerprint density at radius 3 is 1.28 bits per heavy atom. The number of guanidine groups is 2. The number of rotatable bonds is 47. The fraction of sp³-hybridized carbons (Fsp3) is 0.618. The number of carboxylic acid groups (broad SMARTS) is 1. The Hall–Kier alpha value is -8.34. The molecule has 0 saturated heterocycles. The van der Waals surface area contributed by atoms with Gasteiger partial charge in [0, 0.05) is 43.0 Å². The van der Waals surface area contributed by atoms with E-state index in [4.69, 9.17) is 57.3 Å². The Bertz CT molecular complexity index is 2690. The number of para-hydroxylation sites is 1. The molecular weight excluding hydrogens is 1180 g/mol. The van der Waals surface area contributed by atoms with E-state index in [1.165, 1.54) is 11.8 Å². The van der Waals surface area contributed by atoms with Crippen LogP contribution in [0.4, 0.5) is 0 Å². The van der Waals surface area contributed by atoms with Crippen molar-refractivity contribution in [2.24, 2.45) is 67.3 Å². The molecule has 0 bridgehead atoms. The largest absolute Gasteiger partial charge is 0.480 e. The fourth-order valence-corrected chi connectivity index (χ4v) is 9.55. The summed E-state index contributed by atoms with van der Waals surface area (Å²) in [5, 5.41) is 31.6. The molecule has 2 aromatic rings. The third kappa shape index (κ3) is 30.4. The van der Waals surface area contributed by atoms with Gasteiger partial charge in [-0.15, -0.1) is 0 Å². The number of primary amides is 2. The lowest BCUT2D eigenvalue weighted by Crippen LogP contribution is -2.60. The molecule has 498 valence electrons. The van der Waals surface area contributed by atoms with Crippen molar-refractivity contribution >= 4 is 99.6 Å². The zero-order valence-electron chi connectivity index (χ0n) is 50.6. The van der Waals surface area contributed by atoms with Crippen molar-refractivity contribution in [1.82, 2.24) is 47.5 Å². The third-order valence-corrected chi connectivity index (χ3v) is 14.6. The van der Waals surface area contributed by atoms with E-state index in [2.05, 4.69) is 57.5 Å². The molecule has 1 aromatic carbocycles. The minimum atomic E-state index is -1.68. The first-order valence-electron chi connectivity index (χ1n) is 29.6. The highest BCUT2D eigenvalue weighted by atomic mass is 32.2. The molecule has 0 aliphatic carbocycles. The highest BCUT2D eigenvalue weighted by Gasteiger charge is 2.36. The topological polar surface area (TPSA) is 605 Å². The number of carbonyl (C=O) groups is 11. The Morgan fingerprint density at radius 1 is 0.483 bits per heavy atom. The second-order valence-corrected chi connectivity index (χ2v) is 22.2. The smallest absolute Gasteiger partial charge is 0.326 e. The molecule has 9 atom stereocenters. The number of thioether (sulfide) groups is 1. The Kier molecular flexibility index (Phi) is 36.7. The lowest BCUT2D eigenvalue weighted by Gasteiger charge is -2.28. The number of aromatic amines is 1. The van der Waals surface area contributed by atoms with Crippen molar-refractivity contribution < 1.29 is 57.8 Å². The van der Waals surface area contributed by atoms with Crippen molar-refractivity contribution in [2.45, 2.75) is 170 Å². The second-order valence-electron chi connectivity index (χ2n) is 21.2. The Balaban J connectivity index is 2.62. The number of unbranched alkanes of at least 4 members (excludes halogenated alkanes) is 3. The van der Waals surface area contributed by atoms with Gasteiger partial charge >= 0.3 is 5.97 Å². The zero-order valence-corrected chi connectivity index (χ0v) is 51.4. The van der Waals surface area contributed by atoms with Gasteiger partial charge in [-0.2, -0.15) is 11.8 Å². The van der Waals surface area contributed by atoms with Gasteiger partial charge in [-0.05, 0) is 140 Å². The number of H-pyrrole nitrogens is 1. The van der Waals surface area contributed by atoms with Crippen LogP contribution in [0.1, 0.15) is 115 Å². The van der Waals surface area contributed by atoms with E-state index < -0.39 is 126 Å². The predicted molar refractivity (Wildman–Crippen MR) is 337 cm³/mol. The molecule has 0 fully saturated rings. The van der Waals surface area contributed by atoms with E-state index in [1.54, 1.807) is 18.5 Å². The van der Waals surface area contributed by atoms with E-state index in [0.29, 0.717) is 56.4 Å². The number of hydrogen-bond donors (Lipinski definition) is 20. The lowest BCUT2D eigenvalue weighted by atomic mass is 10.0. The molecule has 0 saturated carbocycles. The summed E-state index contributed by atoms with van der Waals surface area (Å²) in [6, 6.07) is -5.45.